The van der Waals surface area contributed by atoms with Crippen LogP contribution in [0.2, 0.25) is 0 Å². The quantitative estimate of drug-likeness (QED) is 0.895. The van der Waals surface area contributed by atoms with Gasteiger partial charge in [0, 0.05) is 40.0 Å². The van der Waals surface area contributed by atoms with E-state index in [-0.39, 0.29) is 24.1 Å². The molecule has 1 atom stereocenters. The molecule has 4 nitrogen and oxygen atoms in total. The average molecular weight is 314 g/mol. The van der Waals surface area contributed by atoms with Gasteiger partial charge >= 0.3 is 0 Å². The average Bonchev–Trinajstić information content (AvgIpc) is 2.82. The standard InChI is InChI=1S/C14H16F2N2O2S/c15-9-1-2-11(12(16)7-9)14-17-8-13(19)18(14)10-3-5-21(20)6-4-10/h1-2,7,10,14,17H,3-6,8H2. The van der Waals surface area contributed by atoms with E-state index < -0.39 is 28.6 Å². The number of carbonyl (C=O) groups is 1. The van der Waals surface area contributed by atoms with Gasteiger partial charge in [-0.25, -0.2) is 8.78 Å². The van der Waals surface area contributed by atoms with Crippen LogP contribution in [0.1, 0.15) is 24.6 Å². The van der Waals surface area contributed by atoms with Crippen LogP contribution in [0.3, 0.4) is 0 Å². The van der Waals surface area contributed by atoms with Gasteiger partial charge in [0.1, 0.15) is 17.8 Å². The molecule has 0 aliphatic carbocycles. The summed E-state index contributed by atoms with van der Waals surface area (Å²) in [5.41, 5.74) is 0.272. The van der Waals surface area contributed by atoms with Gasteiger partial charge in [0.2, 0.25) is 5.91 Å². The van der Waals surface area contributed by atoms with Crippen LogP contribution in [0.15, 0.2) is 18.2 Å². The molecule has 1 aromatic carbocycles. The third kappa shape index (κ3) is 2.85. The summed E-state index contributed by atoms with van der Waals surface area (Å²) in [4.78, 5) is 13.7. The van der Waals surface area contributed by atoms with Gasteiger partial charge in [-0.15, -0.1) is 0 Å². The Morgan fingerprint density at radius 3 is 2.62 bits per heavy atom. The Morgan fingerprint density at radius 2 is 1.95 bits per heavy atom. The zero-order chi connectivity index (χ0) is 15.0. The largest absolute Gasteiger partial charge is 0.319 e. The second kappa shape index (κ2) is 5.81. The van der Waals surface area contributed by atoms with Gasteiger partial charge in [-0.05, 0) is 25.0 Å². The lowest BCUT2D eigenvalue weighted by atomic mass is 10.1. The minimum atomic E-state index is -0.817. The van der Waals surface area contributed by atoms with Gasteiger partial charge in [-0.2, -0.15) is 0 Å². The Kier molecular flexibility index (Phi) is 4.03. The number of nitrogens with one attached hydrogen (secondary N) is 1. The summed E-state index contributed by atoms with van der Waals surface area (Å²) < 4.78 is 38.4. The first-order chi connectivity index (χ1) is 10.1. The molecule has 1 N–H and O–H groups in total. The maximum atomic E-state index is 14.0. The number of carbonyl (C=O) groups excluding carboxylic acids is 1. The first-order valence-electron chi connectivity index (χ1n) is 6.91. The zero-order valence-corrected chi connectivity index (χ0v) is 12.2. The highest BCUT2D eigenvalue weighted by atomic mass is 32.2. The van der Waals surface area contributed by atoms with E-state index in [4.69, 9.17) is 0 Å². The molecular formula is C14H16F2N2O2S. The van der Waals surface area contributed by atoms with Crippen molar-refractivity contribution in [3.8, 4) is 0 Å². The Labute approximate surface area is 124 Å². The maximum absolute atomic E-state index is 14.0. The van der Waals surface area contributed by atoms with Crippen molar-refractivity contribution in [1.29, 1.82) is 0 Å². The highest BCUT2D eigenvalue weighted by Crippen LogP contribution is 2.30. The summed E-state index contributed by atoms with van der Waals surface area (Å²) in [5, 5.41) is 2.98. The number of nitrogens with zero attached hydrogens (tertiary/aromatic N) is 1. The smallest absolute Gasteiger partial charge is 0.238 e. The first kappa shape index (κ1) is 14.6. The molecule has 0 radical (unpaired) electrons. The maximum Gasteiger partial charge on any atom is 0.238 e. The van der Waals surface area contributed by atoms with Crippen LogP contribution in [0.4, 0.5) is 8.78 Å². The number of rotatable bonds is 2. The molecule has 0 spiro atoms. The van der Waals surface area contributed by atoms with Gasteiger partial charge in [0.05, 0.1) is 6.54 Å². The fourth-order valence-corrected chi connectivity index (χ4v) is 4.25. The number of halogens is 2. The fraction of sp³-hybridized carbons (Fsp3) is 0.500. The van der Waals surface area contributed by atoms with Crippen molar-refractivity contribution in [3.63, 3.8) is 0 Å². The number of amides is 1. The molecule has 2 heterocycles. The van der Waals surface area contributed by atoms with Crippen molar-refractivity contribution in [3.05, 3.63) is 35.4 Å². The predicted octanol–water partition coefficient (Wildman–Crippen LogP) is 1.31. The Morgan fingerprint density at radius 1 is 1.24 bits per heavy atom. The molecule has 0 saturated carbocycles. The lowest BCUT2D eigenvalue weighted by molar-refractivity contribution is -0.130. The Hall–Kier alpha value is -1.34. The van der Waals surface area contributed by atoms with Crippen molar-refractivity contribution in [2.45, 2.75) is 25.0 Å². The molecule has 2 aliphatic heterocycles. The summed E-state index contributed by atoms with van der Waals surface area (Å²) in [5.74, 6) is -0.270. The fourth-order valence-electron chi connectivity index (χ4n) is 2.97. The summed E-state index contributed by atoms with van der Waals surface area (Å²) in [6.45, 7) is 0.140. The van der Waals surface area contributed by atoms with Gasteiger partial charge in [-0.3, -0.25) is 14.3 Å². The molecule has 21 heavy (non-hydrogen) atoms. The summed E-state index contributed by atoms with van der Waals surface area (Å²) in [6, 6.07) is 3.35. The minimum Gasteiger partial charge on any atom is -0.319 e. The van der Waals surface area contributed by atoms with Gasteiger partial charge in [-0.1, -0.05) is 0 Å². The predicted molar refractivity (Wildman–Crippen MR) is 74.8 cm³/mol. The van der Waals surface area contributed by atoms with E-state index in [9.17, 15) is 17.8 Å². The lowest BCUT2D eigenvalue weighted by Crippen LogP contribution is -2.43. The summed E-state index contributed by atoms with van der Waals surface area (Å²) in [6.07, 6.45) is 0.730. The SMILES string of the molecule is O=C1CNC(c2ccc(F)cc2F)N1C1CCS(=O)CC1. The number of benzene rings is 1. The van der Waals surface area contributed by atoms with Crippen LogP contribution in [-0.4, -0.2) is 39.1 Å². The lowest BCUT2D eigenvalue weighted by Gasteiger charge is -2.35. The molecule has 3 rings (SSSR count). The highest BCUT2D eigenvalue weighted by Gasteiger charge is 2.39. The van der Waals surface area contributed by atoms with Crippen LogP contribution in [0.5, 0.6) is 0 Å². The third-order valence-corrected chi connectivity index (χ3v) is 5.40. The van der Waals surface area contributed by atoms with Crippen molar-refractivity contribution < 1.29 is 17.8 Å². The summed E-state index contributed by atoms with van der Waals surface area (Å²) in [7, 11) is -0.817. The van der Waals surface area contributed by atoms with E-state index in [1.165, 1.54) is 12.1 Å². The molecule has 1 unspecified atom stereocenters. The molecule has 1 amide bonds. The van der Waals surface area contributed by atoms with Crippen LogP contribution < -0.4 is 5.32 Å². The van der Waals surface area contributed by atoms with E-state index in [0.717, 1.165) is 6.07 Å². The van der Waals surface area contributed by atoms with Crippen molar-refractivity contribution in [2.75, 3.05) is 18.1 Å². The molecule has 114 valence electrons. The van der Waals surface area contributed by atoms with Crippen molar-refractivity contribution >= 4 is 16.7 Å². The highest BCUT2D eigenvalue weighted by molar-refractivity contribution is 7.85. The van der Waals surface area contributed by atoms with Gasteiger partial charge in [0.15, 0.2) is 0 Å². The normalized spacial score (nSPS) is 29.9. The minimum absolute atomic E-state index is 0.0420. The van der Waals surface area contributed by atoms with Crippen LogP contribution >= 0.6 is 0 Å². The first-order valence-corrected chi connectivity index (χ1v) is 8.39. The molecule has 2 fully saturated rings. The Bertz CT molecular complexity index is 586. The third-order valence-electron chi connectivity index (χ3n) is 4.02. The molecule has 0 aromatic heterocycles. The van der Waals surface area contributed by atoms with Crippen molar-refractivity contribution in [1.82, 2.24) is 10.2 Å². The number of hydrogen-bond donors (Lipinski definition) is 1. The van der Waals surface area contributed by atoms with E-state index in [0.29, 0.717) is 24.3 Å². The molecule has 0 bridgehead atoms. The molecular weight excluding hydrogens is 298 g/mol. The monoisotopic (exact) mass is 314 g/mol. The van der Waals surface area contributed by atoms with E-state index >= 15 is 0 Å². The van der Waals surface area contributed by atoms with Crippen molar-refractivity contribution in [2.24, 2.45) is 0 Å². The number of hydrogen-bond acceptors (Lipinski definition) is 3. The summed E-state index contributed by atoms with van der Waals surface area (Å²) >= 11 is 0. The van der Waals surface area contributed by atoms with E-state index in [1.54, 1.807) is 4.90 Å². The topological polar surface area (TPSA) is 49.4 Å². The molecule has 7 heteroatoms. The van der Waals surface area contributed by atoms with Crippen LogP contribution in [0.25, 0.3) is 0 Å². The van der Waals surface area contributed by atoms with E-state index in [2.05, 4.69) is 5.32 Å². The second-order valence-corrected chi connectivity index (χ2v) is 7.03. The molecule has 2 aliphatic rings. The second-order valence-electron chi connectivity index (χ2n) is 5.33. The Balaban J connectivity index is 1.87. The van der Waals surface area contributed by atoms with Crippen LogP contribution in [-0.2, 0) is 15.6 Å². The van der Waals surface area contributed by atoms with E-state index in [1.807, 2.05) is 0 Å². The van der Waals surface area contributed by atoms with Gasteiger partial charge < -0.3 is 4.90 Å². The van der Waals surface area contributed by atoms with Crippen LogP contribution in [0, 0.1) is 11.6 Å². The molecule has 2 saturated heterocycles. The zero-order valence-electron chi connectivity index (χ0n) is 11.4. The molecule has 1 aromatic rings. The van der Waals surface area contributed by atoms with Gasteiger partial charge in [0.25, 0.3) is 0 Å².